The second-order valence-electron chi connectivity index (χ2n) is 11.8. The molecule has 0 radical (unpaired) electrons. The summed E-state index contributed by atoms with van der Waals surface area (Å²) in [5.41, 5.74) is 0.735. The highest BCUT2D eigenvalue weighted by Gasteiger charge is 2.66. The van der Waals surface area contributed by atoms with Gasteiger partial charge in [0.25, 0.3) is 11.8 Å². The SMILES string of the molecule is CN1C(=O)C2(NC(c3ccccc3F)C(c3ccccc3F)C2C(=O)c2ccc(C(=O)N3CCNCC3)cc2)c2ccccc21. The van der Waals surface area contributed by atoms with Gasteiger partial charge in [0.05, 0.1) is 5.92 Å². The van der Waals surface area contributed by atoms with Crippen molar-refractivity contribution in [3.63, 3.8) is 0 Å². The number of ketones is 1. The van der Waals surface area contributed by atoms with E-state index in [4.69, 9.17) is 0 Å². The molecule has 45 heavy (non-hydrogen) atoms. The fraction of sp³-hybridized carbons (Fsp3) is 0.250. The third kappa shape index (κ3) is 4.57. The van der Waals surface area contributed by atoms with Crippen LogP contribution in [-0.2, 0) is 10.3 Å². The van der Waals surface area contributed by atoms with Crippen molar-refractivity contribution in [2.75, 3.05) is 38.1 Å². The Hall–Kier alpha value is -4.73. The number of likely N-dealkylation sites (N-methyl/N-ethyl adjacent to an activating group) is 1. The first kappa shape index (κ1) is 29.0. The number of halogens is 2. The first-order valence-electron chi connectivity index (χ1n) is 15.1. The van der Waals surface area contributed by atoms with Crippen LogP contribution in [0.25, 0.3) is 0 Å². The van der Waals surface area contributed by atoms with E-state index in [9.17, 15) is 14.4 Å². The van der Waals surface area contributed by atoms with Gasteiger partial charge in [-0.25, -0.2) is 8.78 Å². The van der Waals surface area contributed by atoms with E-state index in [-0.39, 0.29) is 28.5 Å². The fourth-order valence-corrected chi connectivity index (χ4v) is 7.39. The molecule has 3 aliphatic heterocycles. The number of piperazine rings is 1. The number of benzene rings is 4. The third-order valence-corrected chi connectivity index (χ3v) is 9.51. The predicted octanol–water partition coefficient (Wildman–Crippen LogP) is 4.81. The number of hydrogen-bond acceptors (Lipinski definition) is 5. The number of fused-ring (bicyclic) bond motifs is 2. The predicted molar refractivity (Wildman–Crippen MR) is 166 cm³/mol. The summed E-state index contributed by atoms with van der Waals surface area (Å²) in [5, 5.41) is 6.65. The molecule has 0 aliphatic carbocycles. The lowest BCUT2D eigenvalue weighted by atomic mass is 9.69. The van der Waals surface area contributed by atoms with Gasteiger partial charge in [-0.3, -0.25) is 19.7 Å². The van der Waals surface area contributed by atoms with Crippen molar-refractivity contribution in [3.8, 4) is 0 Å². The van der Waals surface area contributed by atoms with Crippen LogP contribution in [0.4, 0.5) is 14.5 Å². The number of rotatable bonds is 5. The first-order chi connectivity index (χ1) is 21.8. The van der Waals surface area contributed by atoms with Crippen LogP contribution in [0.15, 0.2) is 97.1 Å². The molecular weight excluding hydrogens is 574 g/mol. The van der Waals surface area contributed by atoms with E-state index in [1.54, 1.807) is 90.8 Å². The molecule has 1 spiro atoms. The Morgan fingerprint density at radius 3 is 2.02 bits per heavy atom. The molecule has 4 atom stereocenters. The molecule has 9 heteroatoms. The van der Waals surface area contributed by atoms with Crippen LogP contribution >= 0.6 is 0 Å². The van der Waals surface area contributed by atoms with Crippen molar-refractivity contribution >= 4 is 23.3 Å². The molecule has 2 amide bonds. The van der Waals surface area contributed by atoms with E-state index in [0.29, 0.717) is 43.0 Å². The zero-order valence-corrected chi connectivity index (χ0v) is 24.7. The summed E-state index contributed by atoms with van der Waals surface area (Å²) in [4.78, 5) is 45.7. The van der Waals surface area contributed by atoms with E-state index < -0.39 is 40.8 Å². The highest BCUT2D eigenvalue weighted by atomic mass is 19.1. The number of nitrogens with zero attached hydrogens (tertiary/aromatic N) is 2. The number of para-hydroxylation sites is 1. The maximum Gasteiger partial charge on any atom is 0.253 e. The summed E-state index contributed by atoms with van der Waals surface area (Å²) in [6, 6.07) is 25.0. The molecule has 7 rings (SSSR count). The first-order valence-corrected chi connectivity index (χ1v) is 15.1. The lowest BCUT2D eigenvalue weighted by Gasteiger charge is -2.32. The monoisotopic (exact) mass is 606 g/mol. The Bertz CT molecular complexity index is 1810. The number of Topliss-reactive ketones (excluding diaryl/α,β-unsaturated/α-hetero) is 1. The quantitative estimate of drug-likeness (QED) is 0.319. The normalized spacial score (nSPS) is 24.2. The van der Waals surface area contributed by atoms with Gasteiger partial charge in [-0.15, -0.1) is 0 Å². The lowest BCUT2D eigenvalue weighted by molar-refractivity contribution is -0.124. The summed E-state index contributed by atoms with van der Waals surface area (Å²) in [5.74, 6) is -4.11. The molecule has 0 bridgehead atoms. The van der Waals surface area contributed by atoms with Crippen LogP contribution in [0.1, 0.15) is 49.4 Å². The number of carbonyl (C=O) groups is 3. The van der Waals surface area contributed by atoms with Gasteiger partial charge in [0.2, 0.25) is 0 Å². The van der Waals surface area contributed by atoms with Gasteiger partial charge in [-0.1, -0.05) is 66.7 Å². The van der Waals surface area contributed by atoms with E-state index in [2.05, 4.69) is 10.6 Å². The van der Waals surface area contributed by atoms with Crippen LogP contribution in [0.2, 0.25) is 0 Å². The molecule has 2 saturated heterocycles. The minimum absolute atomic E-state index is 0.125. The number of amides is 2. The van der Waals surface area contributed by atoms with Crippen molar-refractivity contribution in [2.24, 2.45) is 5.92 Å². The minimum atomic E-state index is -1.61. The molecule has 3 aliphatic rings. The molecule has 228 valence electrons. The smallest absolute Gasteiger partial charge is 0.253 e. The van der Waals surface area contributed by atoms with Crippen molar-refractivity contribution in [1.29, 1.82) is 0 Å². The topological polar surface area (TPSA) is 81.8 Å². The minimum Gasteiger partial charge on any atom is -0.336 e. The summed E-state index contributed by atoms with van der Waals surface area (Å²) in [6.07, 6.45) is 0. The van der Waals surface area contributed by atoms with Gasteiger partial charge in [0, 0.05) is 73.1 Å². The second-order valence-corrected chi connectivity index (χ2v) is 11.8. The zero-order chi connectivity index (χ0) is 31.3. The summed E-state index contributed by atoms with van der Waals surface area (Å²) >= 11 is 0. The molecular formula is C36H32F2N4O3. The molecule has 0 saturated carbocycles. The summed E-state index contributed by atoms with van der Waals surface area (Å²) in [6.45, 7) is 2.60. The highest BCUT2D eigenvalue weighted by molar-refractivity contribution is 6.13. The maximum absolute atomic E-state index is 15.8. The Balaban J connectivity index is 1.40. The van der Waals surface area contributed by atoms with Crippen molar-refractivity contribution < 1.29 is 23.2 Å². The van der Waals surface area contributed by atoms with Crippen LogP contribution in [0.5, 0.6) is 0 Å². The maximum atomic E-state index is 15.8. The zero-order valence-electron chi connectivity index (χ0n) is 24.7. The van der Waals surface area contributed by atoms with E-state index >= 15 is 8.78 Å². The van der Waals surface area contributed by atoms with Crippen LogP contribution in [0.3, 0.4) is 0 Å². The molecule has 3 heterocycles. The highest BCUT2D eigenvalue weighted by Crippen LogP contribution is 2.59. The molecule has 4 aromatic rings. The van der Waals surface area contributed by atoms with Crippen molar-refractivity contribution in [1.82, 2.24) is 15.5 Å². The van der Waals surface area contributed by atoms with Gasteiger partial charge in [-0.05, 0) is 35.9 Å². The van der Waals surface area contributed by atoms with Gasteiger partial charge < -0.3 is 15.1 Å². The molecule has 2 fully saturated rings. The van der Waals surface area contributed by atoms with Crippen molar-refractivity contribution in [2.45, 2.75) is 17.5 Å². The molecule has 2 N–H and O–H groups in total. The second kappa shape index (κ2) is 11.3. The van der Waals surface area contributed by atoms with Crippen molar-refractivity contribution in [3.05, 3.63) is 137 Å². The van der Waals surface area contributed by atoms with Gasteiger partial charge in [-0.2, -0.15) is 0 Å². The number of anilines is 1. The number of nitrogens with one attached hydrogen (secondary N) is 2. The average molecular weight is 607 g/mol. The Morgan fingerprint density at radius 2 is 1.36 bits per heavy atom. The van der Waals surface area contributed by atoms with Gasteiger partial charge in [0.15, 0.2) is 5.78 Å². The molecule has 4 aromatic carbocycles. The van der Waals surface area contributed by atoms with Gasteiger partial charge >= 0.3 is 0 Å². The Labute approximate surface area is 259 Å². The summed E-state index contributed by atoms with van der Waals surface area (Å²) < 4.78 is 31.3. The van der Waals surface area contributed by atoms with E-state index in [1.807, 2.05) is 6.07 Å². The van der Waals surface area contributed by atoms with Crippen LogP contribution in [-0.4, -0.2) is 55.7 Å². The van der Waals surface area contributed by atoms with Crippen LogP contribution in [0, 0.1) is 17.6 Å². The third-order valence-electron chi connectivity index (χ3n) is 9.51. The van der Waals surface area contributed by atoms with Gasteiger partial charge in [0.1, 0.15) is 17.2 Å². The summed E-state index contributed by atoms with van der Waals surface area (Å²) in [7, 11) is 1.64. The molecule has 7 nitrogen and oxygen atoms in total. The number of hydrogen-bond donors (Lipinski definition) is 2. The largest absolute Gasteiger partial charge is 0.336 e. The molecule has 4 unspecified atom stereocenters. The Morgan fingerprint density at radius 1 is 0.778 bits per heavy atom. The standard InChI is InChI=1S/C36H32F2N4O3/c1-41-29-13-7-4-10-26(29)36(35(41)45)31(33(43)22-14-16-23(17-15-22)34(44)42-20-18-39-19-21-42)30(24-8-2-5-11-27(24)37)32(40-36)25-9-3-6-12-28(25)38/h2-17,30-32,39-40H,18-21H2,1H3. The van der Waals surface area contributed by atoms with E-state index in [0.717, 1.165) is 0 Å². The average Bonchev–Trinajstić information content (AvgIpc) is 3.53. The fourth-order valence-electron chi connectivity index (χ4n) is 7.39. The lowest BCUT2D eigenvalue weighted by Crippen LogP contribution is -2.52. The number of carbonyl (C=O) groups excluding carboxylic acids is 3. The van der Waals surface area contributed by atoms with E-state index in [1.165, 1.54) is 17.0 Å². The molecule has 0 aromatic heterocycles. The van der Waals surface area contributed by atoms with Crippen LogP contribution < -0.4 is 15.5 Å². The Kier molecular flexibility index (Phi) is 7.30.